The summed E-state index contributed by atoms with van der Waals surface area (Å²) in [6, 6.07) is 10.8. The molecular weight excluding hydrogens is 409 g/mol. The van der Waals surface area contributed by atoms with Crippen LogP contribution in [0, 0.1) is 11.7 Å². The lowest BCUT2D eigenvalue weighted by Gasteiger charge is -2.23. The molecule has 2 aromatic rings. The van der Waals surface area contributed by atoms with E-state index in [-0.39, 0.29) is 35.1 Å². The summed E-state index contributed by atoms with van der Waals surface area (Å²) < 4.78 is 24.5. The Morgan fingerprint density at radius 1 is 1.23 bits per heavy atom. The van der Waals surface area contributed by atoms with Crippen LogP contribution in [0.1, 0.15) is 35.2 Å². The molecule has 3 unspecified atom stereocenters. The minimum atomic E-state index is -0.642. The number of ether oxygens (including phenoxy) is 2. The van der Waals surface area contributed by atoms with Gasteiger partial charge in [0.05, 0.1) is 25.2 Å². The predicted octanol–water partition coefficient (Wildman–Crippen LogP) is 4.51. The van der Waals surface area contributed by atoms with Crippen molar-refractivity contribution in [2.75, 3.05) is 13.7 Å². The van der Waals surface area contributed by atoms with Gasteiger partial charge in [-0.25, -0.2) is 4.39 Å². The molecule has 1 aliphatic carbocycles. The van der Waals surface area contributed by atoms with Crippen LogP contribution in [-0.2, 0) is 9.53 Å². The molecule has 0 radical (unpaired) electrons. The van der Waals surface area contributed by atoms with Gasteiger partial charge in [-0.05, 0) is 55.2 Å². The van der Waals surface area contributed by atoms with Crippen LogP contribution in [0.5, 0.6) is 5.75 Å². The number of allylic oxidation sites excluding steroid dienone is 1. The molecule has 3 atom stereocenters. The monoisotopic (exact) mass is 431 g/mol. The van der Waals surface area contributed by atoms with Crippen LogP contribution in [-0.4, -0.2) is 31.6 Å². The van der Waals surface area contributed by atoms with Crippen molar-refractivity contribution in [1.29, 1.82) is 0 Å². The molecule has 30 heavy (non-hydrogen) atoms. The Morgan fingerprint density at radius 3 is 2.77 bits per heavy atom. The third-order valence-electron chi connectivity index (χ3n) is 5.03. The maximum atomic E-state index is 14.0. The number of carbonyl (C=O) groups excluding carboxylic acids is 2. The lowest BCUT2D eigenvalue weighted by molar-refractivity contribution is -0.146. The normalized spacial score (nSPS) is 18.7. The highest BCUT2D eigenvalue weighted by atomic mass is 35.5. The summed E-state index contributed by atoms with van der Waals surface area (Å²) in [5.41, 5.74) is 0.657. The first-order valence-corrected chi connectivity index (χ1v) is 10.1. The zero-order valence-electron chi connectivity index (χ0n) is 16.7. The van der Waals surface area contributed by atoms with Crippen molar-refractivity contribution in [2.24, 2.45) is 5.92 Å². The third-order valence-corrected chi connectivity index (χ3v) is 5.26. The molecular formula is C23H23ClFNO4. The molecule has 3 rings (SSSR count). The average Bonchev–Trinajstić information content (AvgIpc) is 3.18. The molecule has 0 heterocycles. The number of nitrogens with one attached hydrogen (secondary N) is 1. The van der Waals surface area contributed by atoms with Gasteiger partial charge in [-0.3, -0.25) is 9.59 Å². The number of hydrogen-bond donors (Lipinski definition) is 1. The Hall–Kier alpha value is -2.86. The van der Waals surface area contributed by atoms with Gasteiger partial charge in [0.15, 0.2) is 0 Å². The zero-order chi connectivity index (χ0) is 21.7. The second kappa shape index (κ2) is 9.76. The number of rotatable bonds is 7. The second-order valence-electron chi connectivity index (χ2n) is 6.99. The molecule has 0 aliphatic heterocycles. The van der Waals surface area contributed by atoms with E-state index >= 15 is 0 Å². The first-order valence-electron chi connectivity index (χ1n) is 9.67. The van der Waals surface area contributed by atoms with E-state index in [0.717, 1.165) is 11.6 Å². The summed E-state index contributed by atoms with van der Waals surface area (Å²) in [7, 11) is 1.56. The number of esters is 1. The average molecular weight is 432 g/mol. The van der Waals surface area contributed by atoms with E-state index in [1.165, 1.54) is 12.1 Å². The molecule has 0 fully saturated rings. The van der Waals surface area contributed by atoms with Gasteiger partial charge in [-0.1, -0.05) is 35.9 Å². The highest BCUT2D eigenvalue weighted by Gasteiger charge is 2.34. The molecule has 0 saturated carbocycles. The van der Waals surface area contributed by atoms with Crippen molar-refractivity contribution < 1.29 is 23.5 Å². The number of carbonyl (C=O) groups is 2. The minimum absolute atomic E-state index is 0.117. The zero-order valence-corrected chi connectivity index (χ0v) is 17.5. The van der Waals surface area contributed by atoms with Crippen LogP contribution in [0.4, 0.5) is 4.39 Å². The fraction of sp³-hybridized carbons (Fsp3) is 0.304. The largest absolute Gasteiger partial charge is 0.497 e. The number of hydrogen-bond acceptors (Lipinski definition) is 4. The third kappa shape index (κ3) is 5.00. The van der Waals surface area contributed by atoms with E-state index in [0.29, 0.717) is 12.2 Å². The Labute approximate surface area is 179 Å². The standard InChI is InChI=1S/C23H23ClFNO4/c1-3-30-23(28)21(14-5-4-6-18(12-14)29-2)15-7-9-17(11-15)26-22(27)19-13-16(24)8-10-20(19)25/h4-10,12-13,15,17,21H,3,11H2,1-2H3,(H,26,27). The van der Waals surface area contributed by atoms with Gasteiger partial charge in [0, 0.05) is 11.1 Å². The van der Waals surface area contributed by atoms with Crippen LogP contribution in [0.2, 0.25) is 5.02 Å². The molecule has 1 N–H and O–H groups in total. The van der Waals surface area contributed by atoms with Gasteiger partial charge in [-0.2, -0.15) is 0 Å². The van der Waals surface area contributed by atoms with Crippen molar-refractivity contribution in [3.63, 3.8) is 0 Å². The van der Waals surface area contributed by atoms with Crippen molar-refractivity contribution in [1.82, 2.24) is 5.32 Å². The molecule has 0 bridgehead atoms. The smallest absolute Gasteiger partial charge is 0.314 e. The molecule has 0 aromatic heterocycles. The summed E-state index contributed by atoms with van der Waals surface area (Å²) in [5.74, 6) is -1.62. The van der Waals surface area contributed by atoms with E-state index < -0.39 is 17.6 Å². The lowest BCUT2D eigenvalue weighted by atomic mass is 9.85. The first-order chi connectivity index (χ1) is 14.4. The maximum absolute atomic E-state index is 14.0. The highest BCUT2D eigenvalue weighted by molar-refractivity contribution is 6.31. The minimum Gasteiger partial charge on any atom is -0.497 e. The van der Waals surface area contributed by atoms with Crippen LogP contribution >= 0.6 is 11.6 Å². The Morgan fingerprint density at radius 2 is 2.03 bits per heavy atom. The van der Waals surface area contributed by atoms with E-state index in [1.807, 2.05) is 30.4 Å². The summed E-state index contributed by atoms with van der Waals surface area (Å²) in [6.07, 6.45) is 4.19. The Balaban J connectivity index is 1.76. The topological polar surface area (TPSA) is 64.6 Å². The van der Waals surface area contributed by atoms with E-state index in [2.05, 4.69) is 5.32 Å². The second-order valence-corrected chi connectivity index (χ2v) is 7.43. The van der Waals surface area contributed by atoms with Gasteiger partial charge in [0.1, 0.15) is 11.6 Å². The van der Waals surface area contributed by atoms with Gasteiger partial charge in [0.2, 0.25) is 0 Å². The number of halogens is 2. The molecule has 0 spiro atoms. The summed E-state index contributed by atoms with van der Waals surface area (Å²) in [6.45, 7) is 2.03. The fourth-order valence-electron chi connectivity index (χ4n) is 3.62. The Bertz CT molecular complexity index is 962. The van der Waals surface area contributed by atoms with Crippen LogP contribution in [0.25, 0.3) is 0 Å². The molecule has 158 valence electrons. The summed E-state index contributed by atoms with van der Waals surface area (Å²) >= 11 is 5.88. The molecule has 0 saturated heterocycles. The van der Waals surface area contributed by atoms with Crippen molar-refractivity contribution in [3.05, 3.63) is 76.6 Å². The number of methoxy groups -OCH3 is 1. The number of amides is 1. The highest BCUT2D eigenvalue weighted by Crippen LogP contribution is 2.35. The molecule has 5 nitrogen and oxygen atoms in total. The van der Waals surface area contributed by atoms with E-state index in [4.69, 9.17) is 21.1 Å². The van der Waals surface area contributed by atoms with E-state index in [1.54, 1.807) is 20.1 Å². The van der Waals surface area contributed by atoms with Crippen molar-refractivity contribution >= 4 is 23.5 Å². The quantitative estimate of drug-likeness (QED) is 0.517. The Kier molecular flexibility index (Phi) is 7.11. The van der Waals surface area contributed by atoms with Crippen LogP contribution in [0.3, 0.4) is 0 Å². The number of benzene rings is 2. The molecule has 7 heteroatoms. The van der Waals surface area contributed by atoms with Crippen LogP contribution in [0.15, 0.2) is 54.6 Å². The van der Waals surface area contributed by atoms with E-state index in [9.17, 15) is 14.0 Å². The summed E-state index contributed by atoms with van der Waals surface area (Å²) in [4.78, 5) is 25.2. The van der Waals surface area contributed by atoms with Gasteiger partial charge in [0.25, 0.3) is 5.91 Å². The molecule has 1 amide bonds. The fourth-order valence-corrected chi connectivity index (χ4v) is 3.80. The predicted molar refractivity (Wildman–Crippen MR) is 112 cm³/mol. The van der Waals surface area contributed by atoms with Gasteiger partial charge >= 0.3 is 5.97 Å². The molecule has 2 aromatic carbocycles. The van der Waals surface area contributed by atoms with Gasteiger partial charge in [-0.15, -0.1) is 0 Å². The van der Waals surface area contributed by atoms with Crippen LogP contribution < -0.4 is 10.1 Å². The molecule has 1 aliphatic rings. The first kappa shape index (κ1) is 21.8. The van der Waals surface area contributed by atoms with Crippen molar-refractivity contribution in [3.8, 4) is 5.75 Å². The van der Waals surface area contributed by atoms with Gasteiger partial charge < -0.3 is 14.8 Å². The summed E-state index contributed by atoms with van der Waals surface area (Å²) in [5, 5.41) is 3.07. The lowest BCUT2D eigenvalue weighted by Crippen LogP contribution is -2.34. The van der Waals surface area contributed by atoms with Crippen molar-refractivity contribution in [2.45, 2.75) is 25.3 Å². The SMILES string of the molecule is CCOC(=O)C(c1cccc(OC)c1)C1C=CC(NC(=O)c2cc(Cl)ccc2F)C1. The maximum Gasteiger partial charge on any atom is 0.314 e.